The molecule has 0 radical (unpaired) electrons. The molecule has 1 aromatic rings. The van der Waals surface area contributed by atoms with Gasteiger partial charge in [0.2, 0.25) is 0 Å². The smallest absolute Gasteiger partial charge is 0.277 e. The number of hydrogen-bond donors (Lipinski definition) is 4. The summed E-state index contributed by atoms with van der Waals surface area (Å²) in [5.74, 6) is 5.35. The molecule has 222 valence electrons. The van der Waals surface area contributed by atoms with Gasteiger partial charge in [-0.05, 0) is 45.0 Å². The number of hydrazine groups is 1. The topological polar surface area (TPSA) is 104 Å². The van der Waals surface area contributed by atoms with E-state index < -0.39 is 0 Å². The number of rotatable bonds is 7. The lowest BCUT2D eigenvalue weighted by Crippen LogP contribution is -2.47. The molecule has 40 heavy (non-hydrogen) atoms. The minimum absolute atomic E-state index is 0. The van der Waals surface area contributed by atoms with Crippen LogP contribution >= 0.6 is 15.9 Å². The molecule has 3 saturated heterocycles. The molecule has 5 N–H and O–H groups in total. The predicted molar refractivity (Wildman–Crippen MR) is 171 cm³/mol. The summed E-state index contributed by atoms with van der Waals surface area (Å²) in [4.78, 5) is 19.7. The molecule has 0 aromatic heterocycles. The van der Waals surface area contributed by atoms with Crippen LogP contribution in [0.3, 0.4) is 0 Å². The van der Waals surface area contributed by atoms with Crippen molar-refractivity contribution in [3.05, 3.63) is 64.9 Å². The Balaban J connectivity index is 0.000000610. The van der Waals surface area contributed by atoms with Gasteiger partial charge in [0.05, 0.1) is 5.69 Å². The number of carbonyl (C=O) groups excluding carboxylic acids is 1. The summed E-state index contributed by atoms with van der Waals surface area (Å²) in [6.07, 6.45) is 7.63. The van der Waals surface area contributed by atoms with E-state index in [1.54, 1.807) is 4.90 Å². The summed E-state index contributed by atoms with van der Waals surface area (Å²) >= 11 is 3.55. The Morgan fingerprint density at radius 3 is 2.40 bits per heavy atom. The van der Waals surface area contributed by atoms with Crippen LogP contribution in [-0.2, 0) is 4.79 Å². The molecule has 3 atom stereocenters. The standard InChI is InChI=1S/C25H34BrN5O.C4H11N3.CH4/c1-6-8-20(17(3)7-2)24(27)21-15-19(26)9-10-23(21)31-18(4)28-22(25(31)32)16-30-13-11-29(5)12-14-30;5-7-3-1-6-2-4-7;/h6-10,15-18,20,27-28H,2,11-14H2,1,3-5H3;6H,1-5H2;1H4/b8-6-,22-16-,27-24?;;. The Hall–Kier alpha value is -2.50. The number of allylic oxidation sites excluding steroid dienone is 3. The van der Waals surface area contributed by atoms with Crippen molar-refractivity contribution in [3.63, 3.8) is 0 Å². The van der Waals surface area contributed by atoms with E-state index >= 15 is 0 Å². The van der Waals surface area contributed by atoms with E-state index in [2.05, 4.69) is 56.9 Å². The number of nitrogens with two attached hydrogens (primary N) is 1. The Morgan fingerprint density at radius 1 is 1.20 bits per heavy atom. The van der Waals surface area contributed by atoms with Gasteiger partial charge < -0.3 is 25.8 Å². The SMILES string of the molecule is C.C=CC(C)C(/C=C\C)C(=N)c1cc(Br)ccc1N1C(=O)/C(=C/N2CCN(C)CC2)NC1C.NN1CCNCC1. The van der Waals surface area contributed by atoms with Gasteiger partial charge in [0.15, 0.2) is 0 Å². The summed E-state index contributed by atoms with van der Waals surface area (Å²) < 4.78 is 0.881. The number of anilines is 1. The van der Waals surface area contributed by atoms with E-state index in [0.29, 0.717) is 11.4 Å². The minimum Gasteiger partial charge on any atom is -0.373 e. The van der Waals surface area contributed by atoms with E-state index in [1.807, 2.05) is 61.5 Å². The second-order valence-corrected chi connectivity index (χ2v) is 11.3. The molecule has 1 amide bonds. The highest BCUT2D eigenvalue weighted by molar-refractivity contribution is 9.10. The third kappa shape index (κ3) is 8.75. The molecule has 4 rings (SSSR count). The van der Waals surface area contributed by atoms with Gasteiger partial charge in [-0.15, -0.1) is 6.58 Å². The van der Waals surface area contributed by atoms with Crippen molar-refractivity contribution < 1.29 is 4.79 Å². The van der Waals surface area contributed by atoms with Crippen molar-refractivity contribution in [2.75, 3.05) is 64.3 Å². The number of nitrogens with one attached hydrogen (secondary N) is 3. The lowest BCUT2D eigenvalue weighted by atomic mass is 9.85. The van der Waals surface area contributed by atoms with Crippen LogP contribution in [0.2, 0.25) is 0 Å². The van der Waals surface area contributed by atoms with Crippen LogP contribution in [0, 0.1) is 17.2 Å². The number of halogens is 1. The number of piperazine rings is 2. The average molecular weight is 618 g/mol. The molecule has 3 aliphatic rings. The number of nitrogens with zero attached hydrogens (tertiary/aromatic N) is 4. The second-order valence-electron chi connectivity index (χ2n) is 10.4. The molecular weight excluding hydrogens is 568 g/mol. The molecule has 0 spiro atoms. The van der Waals surface area contributed by atoms with Gasteiger partial charge in [0.1, 0.15) is 11.9 Å². The van der Waals surface area contributed by atoms with Gasteiger partial charge >= 0.3 is 0 Å². The number of hydrogen-bond acceptors (Lipinski definition) is 8. The highest BCUT2D eigenvalue weighted by Crippen LogP contribution is 2.33. The largest absolute Gasteiger partial charge is 0.373 e. The third-order valence-electron chi connectivity index (χ3n) is 7.38. The molecule has 0 aliphatic carbocycles. The van der Waals surface area contributed by atoms with Crippen LogP contribution < -0.4 is 21.4 Å². The summed E-state index contributed by atoms with van der Waals surface area (Å²) in [5, 5.41) is 17.4. The number of likely N-dealkylation sites (N-methyl/N-ethyl adjacent to an activating group) is 1. The molecule has 0 saturated carbocycles. The Labute approximate surface area is 249 Å². The average Bonchev–Trinajstić information content (AvgIpc) is 3.20. The van der Waals surface area contributed by atoms with Crippen LogP contribution in [-0.4, -0.2) is 92.0 Å². The van der Waals surface area contributed by atoms with Gasteiger partial charge in [-0.25, -0.2) is 5.01 Å². The van der Waals surface area contributed by atoms with Crippen molar-refractivity contribution in [3.8, 4) is 0 Å². The molecular formula is C30H49BrN8O. The summed E-state index contributed by atoms with van der Waals surface area (Å²) in [6.45, 7) is 17.8. The summed E-state index contributed by atoms with van der Waals surface area (Å²) in [7, 11) is 2.12. The molecule has 9 nitrogen and oxygen atoms in total. The maximum Gasteiger partial charge on any atom is 0.277 e. The van der Waals surface area contributed by atoms with Gasteiger partial charge in [-0.3, -0.25) is 15.5 Å². The third-order valence-corrected chi connectivity index (χ3v) is 7.87. The first kappa shape index (κ1) is 33.7. The van der Waals surface area contributed by atoms with Crippen LogP contribution in [0.25, 0.3) is 0 Å². The van der Waals surface area contributed by atoms with E-state index in [9.17, 15) is 4.79 Å². The molecule has 1 aromatic carbocycles. The zero-order valence-corrected chi connectivity index (χ0v) is 25.4. The van der Waals surface area contributed by atoms with Crippen LogP contribution in [0.4, 0.5) is 5.69 Å². The molecule has 10 heteroatoms. The highest BCUT2D eigenvalue weighted by atomic mass is 79.9. The first-order valence-electron chi connectivity index (χ1n) is 13.7. The van der Waals surface area contributed by atoms with Gasteiger partial charge in [-0.2, -0.15) is 0 Å². The molecule has 0 bridgehead atoms. The van der Waals surface area contributed by atoms with Crippen LogP contribution in [0.5, 0.6) is 0 Å². The van der Waals surface area contributed by atoms with Crippen LogP contribution in [0.1, 0.15) is 33.8 Å². The molecule has 3 fully saturated rings. The van der Waals surface area contributed by atoms with E-state index in [0.717, 1.165) is 68.1 Å². The summed E-state index contributed by atoms with van der Waals surface area (Å²) in [5.41, 5.74) is 2.57. The van der Waals surface area contributed by atoms with Crippen LogP contribution in [0.15, 0.2) is 59.4 Å². The molecule has 3 heterocycles. The normalized spacial score (nSPS) is 22.8. The Kier molecular flexibility index (Phi) is 13.5. The van der Waals surface area contributed by atoms with Gasteiger partial charge in [0.25, 0.3) is 5.91 Å². The van der Waals surface area contributed by atoms with Crippen molar-refractivity contribution in [2.24, 2.45) is 17.7 Å². The number of amides is 1. The van der Waals surface area contributed by atoms with Crippen molar-refractivity contribution in [1.29, 1.82) is 5.41 Å². The van der Waals surface area contributed by atoms with E-state index in [4.69, 9.17) is 11.3 Å². The second kappa shape index (κ2) is 16.1. The zero-order valence-electron chi connectivity index (χ0n) is 23.8. The Bertz CT molecular complexity index is 1060. The van der Waals surface area contributed by atoms with E-state index in [1.165, 1.54) is 0 Å². The highest BCUT2D eigenvalue weighted by Gasteiger charge is 2.36. The summed E-state index contributed by atoms with van der Waals surface area (Å²) in [6, 6.07) is 5.79. The lowest BCUT2D eigenvalue weighted by molar-refractivity contribution is -0.114. The monoisotopic (exact) mass is 616 g/mol. The maximum atomic E-state index is 13.4. The number of benzene rings is 1. The quantitative estimate of drug-likeness (QED) is 0.161. The predicted octanol–water partition coefficient (Wildman–Crippen LogP) is 3.60. The fraction of sp³-hybridized carbons (Fsp3) is 0.533. The van der Waals surface area contributed by atoms with Crippen molar-refractivity contribution >= 4 is 33.2 Å². The molecule has 3 aliphatic heterocycles. The van der Waals surface area contributed by atoms with Crippen molar-refractivity contribution in [1.82, 2.24) is 25.4 Å². The van der Waals surface area contributed by atoms with E-state index in [-0.39, 0.29) is 31.3 Å². The molecule has 3 unspecified atom stereocenters. The van der Waals surface area contributed by atoms with Gasteiger partial charge in [-0.1, -0.05) is 48.5 Å². The zero-order chi connectivity index (χ0) is 28.5. The van der Waals surface area contributed by atoms with Gasteiger partial charge in [0, 0.05) is 80.2 Å². The fourth-order valence-corrected chi connectivity index (χ4v) is 5.25. The first-order chi connectivity index (χ1) is 18.7. The number of carbonyl (C=O) groups is 1. The fourth-order valence-electron chi connectivity index (χ4n) is 4.89. The lowest BCUT2D eigenvalue weighted by Gasteiger charge is -2.31. The first-order valence-corrected chi connectivity index (χ1v) is 14.5. The van der Waals surface area contributed by atoms with Crippen molar-refractivity contribution in [2.45, 2.75) is 34.4 Å². The Morgan fingerprint density at radius 2 is 1.85 bits per heavy atom. The maximum absolute atomic E-state index is 13.4. The minimum atomic E-state index is -0.203.